The van der Waals surface area contributed by atoms with Gasteiger partial charge < -0.3 is 24.8 Å². The second-order valence-electron chi connectivity index (χ2n) is 6.69. The Morgan fingerprint density at radius 2 is 1.88 bits per heavy atom. The molecule has 13 heteroatoms. The number of rotatable bonds is 9. The number of carbonyl (C=O) groups is 2. The van der Waals surface area contributed by atoms with Gasteiger partial charge in [0.05, 0.1) is 44.9 Å². The number of aromatic nitrogens is 3. The predicted octanol–water partition coefficient (Wildman–Crippen LogP) is 1.10. The summed E-state index contributed by atoms with van der Waals surface area (Å²) in [6, 6.07) is -1.33. The molecule has 172 valence electrons. The second kappa shape index (κ2) is 10.3. The quantitative estimate of drug-likeness (QED) is 0.329. The van der Waals surface area contributed by atoms with Gasteiger partial charge in [-0.25, -0.2) is 9.78 Å². The predicted molar refractivity (Wildman–Crippen MR) is 112 cm³/mol. The molecule has 0 amide bonds. The number of nitro groups is 1. The van der Waals surface area contributed by atoms with E-state index in [1.165, 1.54) is 12.0 Å². The number of carbonyl (C=O) groups excluding carboxylic acids is 2. The molecule has 0 saturated carbocycles. The van der Waals surface area contributed by atoms with Crippen LogP contribution in [0.25, 0.3) is 0 Å². The first-order valence-corrected chi connectivity index (χ1v) is 9.31. The monoisotopic (exact) mass is 448 g/mol. The fraction of sp³-hybridized carbons (Fsp3) is 0.421. The van der Waals surface area contributed by atoms with Crippen LogP contribution >= 0.6 is 0 Å². The molecular weight excluding hydrogens is 424 g/mol. The molecule has 32 heavy (non-hydrogen) atoms. The number of esters is 2. The average Bonchev–Trinajstić information content (AvgIpc) is 2.76. The maximum atomic E-state index is 12.6. The van der Waals surface area contributed by atoms with Crippen LogP contribution in [0.3, 0.4) is 0 Å². The fourth-order valence-electron chi connectivity index (χ4n) is 3.14. The standard InChI is InChI=1S/C19H24N6O7/c1-10-7-21-12(11(2)16(10)31-4)9-24(13(18(27)32-5)6-15(26)30-3)17-14(25(28)29)8-22-19(20)23-17/h7-8,13H,6,9H2,1-5H3,(H2,20,22,23)/t13-/m1/s1. The molecule has 2 heterocycles. The van der Waals surface area contributed by atoms with Gasteiger partial charge in [-0.15, -0.1) is 0 Å². The van der Waals surface area contributed by atoms with Gasteiger partial charge in [-0.3, -0.25) is 19.9 Å². The summed E-state index contributed by atoms with van der Waals surface area (Å²) < 4.78 is 15.0. The molecule has 0 spiro atoms. The van der Waals surface area contributed by atoms with Gasteiger partial charge in [0.15, 0.2) is 0 Å². The molecule has 2 aromatic rings. The molecule has 2 rings (SSSR count). The molecule has 0 aromatic carbocycles. The number of anilines is 2. The minimum atomic E-state index is -1.33. The van der Waals surface area contributed by atoms with E-state index >= 15 is 0 Å². The highest BCUT2D eigenvalue weighted by Crippen LogP contribution is 2.32. The summed E-state index contributed by atoms with van der Waals surface area (Å²) in [7, 11) is 3.79. The summed E-state index contributed by atoms with van der Waals surface area (Å²) in [6.07, 6.45) is 2.02. The van der Waals surface area contributed by atoms with Crippen LogP contribution in [0.5, 0.6) is 5.75 Å². The van der Waals surface area contributed by atoms with Crippen LogP contribution in [0.4, 0.5) is 17.5 Å². The van der Waals surface area contributed by atoms with Crippen molar-refractivity contribution in [1.82, 2.24) is 15.0 Å². The normalized spacial score (nSPS) is 11.4. The summed E-state index contributed by atoms with van der Waals surface area (Å²) in [5.74, 6) is -1.54. The first-order chi connectivity index (χ1) is 15.1. The van der Waals surface area contributed by atoms with Crippen molar-refractivity contribution in [2.75, 3.05) is 32.0 Å². The smallest absolute Gasteiger partial charge is 0.329 e. The van der Waals surface area contributed by atoms with Crippen molar-refractivity contribution in [2.45, 2.75) is 32.9 Å². The number of ether oxygens (including phenoxy) is 3. The van der Waals surface area contributed by atoms with Gasteiger partial charge in [0.1, 0.15) is 18.0 Å². The average molecular weight is 448 g/mol. The van der Waals surface area contributed by atoms with E-state index in [1.54, 1.807) is 13.1 Å². The summed E-state index contributed by atoms with van der Waals surface area (Å²) in [5, 5.41) is 11.7. The number of methoxy groups -OCH3 is 3. The molecule has 0 fully saturated rings. The Bertz CT molecular complexity index is 1030. The van der Waals surface area contributed by atoms with E-state index in [9.17, 15) is 19.7 Å². The molecule has 13 nitrogen and oxygen atoms in total. The highest BCUT2D eigenvalue weighted by Gasteiger charge is 2.36. The minimum absolute atomic E-state index is 0.156. The number of aryl methyl sites for hydroxylation is 1. The number of nitrogen functional groups attached to an aromatic ring is 1. The Hall–Kier alpha value is -4.03. The van der Waals surface area contributed by atoms with E-state index in [0.717, 1.165) is 26.0 Å². The highest BCUT2D eigenvalue weighted by atomic mass is 16.6. The fourth-order valence-corrected chi connectivity index (χ4v) is 3.14. The number of nitrogens with two attached hydrogens (primary N) is 1. The zero-order valence-electron chi connectivity index (χ0n) is 18.3. The van der Waals surface area contributed by atoms with Crippen molar-refractivity contribution in [3.63, 3.8) is 0 Å². The van der Waals surface area contributed by atoms with Gasteiger partial charge in [-0.1, -0.05) is 0 Å². The zero-order chi connectivity index (χ0) is 24.0. The molecule has 0 saturated heterocycles. The van der Waals surface area contributed by atoms with Crippen LogP contribution in [0.15, 0.2) is 12.4 Å². The van der Waals surface area contributed by atoms with Crippen LogP contribution in [-0.2, 0) is 25.6 Å². The van der Waals surface area contributed by atoms with Crippen molar-refractivity contribution >= 4 is 29.4 Å². The van der Waals surface area contributed by atoms with Gasteiger partial charge in [-0.05, 0) is 13.8 Å². The lowest BCUT2D eigenvalue weighted by atomic mass is 10.1. The third-order valence-corrected chi connectivity index (χ3v) is 4.74. The second-order valence-corrected chi connectivity index (χ2v) is 6.69. The van der Waals surface area contributed by atoms with Gasteiger partial charge in [0.25, 0.3) is 0 Å². The van der Waals surface area contributed by atoms with E-state index in [0.29, 0.717) is 17.0 Å². The number of hydrogen-bond acceptors (Lipinski definition) is 12. The number of pyridine rings is 1. The van der Waals surface area contributed by atoms with Gasteiger partial charge in [0.2, 0.25) is 11.8 Å². The van der Waals surface area contributed by atoms with Crippen LogP contribution in [-0.4, -0.2) is 59.2 Å². The van der Waals surface area contributed by atoms with E-state index in [2.05, 4.69) is 19.7 Å². The third kappa shape index (κ3) is 5.17. The molecular formula is C19H24N6O7. The van der Waals surface area contributed by atoms with E-state index in [1.807, 2.05) is 6.92 Å². The van der Waals surface area contributed by atoms with Crippen molar-refractivity contribution in [1.29, 1.82) is 0 Å². The third-order valence-electron chi connectivity index (χ3n) is 4.74. The largest absolute Gasteiger partial charge is 0.496 e. The van der Waals surface area contributed by atoms with Crippen LogP contribution in [0.2, 0.25) is 0 Å². The van der Waals surface area contributed by atoms with Gasteiger partial charge >= 0.3 is 17.6 Å². The number of nitrogens with zero attached hydrogens (tertiary/aromatic N) is 5. The van der Waals surface area contributed by atoms with Crippen molar-refractivity contribution in [3.8, 4) is 5.75 Å². The maximum Gasteiger partial charge on any atom is 0.329 e. The molecule has 0 radical (unpaired) electrons. The Morgan fingerprint density at radius 1 is 1.19 bits per heavy atom. The Labute approximate surface area is 183 Å². The minimum Gasteiger partial charge on any atom is -0.496 e. The highest BCUT2D eigenvalue weighted by molar-refractivity contribution is 5.86. The zero-order valence-corrected chi connectivity index (χ0v) is 18.3. The number of hydrogen-bond donors (Lipinski definition) is 1. The summed E-state index contributed by atoms with van der Waals surface area (Å²) in [4.78, 5) is 48.9. The maximum absolute atomic E-state index is 12.6. The van der Waals surface area contributed by atoms with Gasteiger partial charge in [-0.2, -0.15) is 4.98 Å². The Morgan fingerprint density at radius 3 is 2.44 bits per heavy atom. The summed E-state index contributed by atoms with van der Waals surface area (Å²) >= 11 is 0. The van der Waals surface area contributed by atoms with E-state index in [-0.39, 0.29) is 18.3 Å². The lowest BCUT2D eigenvalue weighted by Crippen LogP contribution is -2.44. The molecule has 1 atom stereocenters. The molecule has 2 aromatic heterocycles. The van der Waals surface area contributed by atoms with Crippen LogP contribution in [0.1, 0.15) is 23.2 Å². The topological polar surface area (TPSA) is 173 Å². The summed E-state index contributed by atoms with van der Waals surface area (Å²) in [6.45, 7) is 3.41. The molecule has 2 N–H and O–H groups in total. The lowest BCUT2D eigenvalue weighted by Gasteiger charge is -2.30. The Balaban J connectivity index is 2.72. The van der Waals surface area contributed by atoms with Gasteiger partial charge in [0, 0.05) is 17.3 Å². The van der Waals surface area contributed by atoms with Crippen molar-refractivity contribution in [2.24, 2.45) is 0 Å². The molecule has 0 aliphatic carbocycles. The molecule has 0 aliphatic rings. The van der Waals surface area contributed by atoms with E-state index < -0.39 is 35.0 Å². The lowest BCUT2D eigenvalue weighted by molar-refractivity contribution is -0.384. The van der Waals surface area contributed by atoms with Crippen LogP contribution < -0.4 is 15.4 Å². The first-order valence-electron chi connectivity index (χ1n) is 9.31. The SMILES string of the molecule is COC(=O)C[C@H](C(=O)OC)N(Cc1ncc(C)c(OC)c1C)c1nc(N)ncc1[N+](=O)[O-]. The molecule has 0 unspecified atom stereocenters. The summed E-state index contributed by atoms with van der Waals surface area (Å²) in [5.41, 5.74) is 7.00. The molecule has 0 bridgehead atoms. The Kier molecular flexibility index (Phi) is 7.82. The molecule has 0 aliphatic heterocycles. The van der Waals surface area contributed by atoms with E-state index in [4.69, 9.17) is 15.2 Å². The van der Waals surface area contributed by atoms with Crippen molar-refractivity contribution in [3.05, 3.63) is 39.3 Å². The first kappa shape index (κ1) is 24.2. The van der Waals surface area contributed by atoms with Crippen LogP contribution in [0, 0.1) is 24.0 Å². The van der Waals surface area contributed by atoms with Crippen molar-refractivity contribution < 1.29 is 28.7 Å².